The van der Waals surface area contributed by atoms with Gasteiger partial charge in [-0.3, -0.25) is 0 Å². The summed E-state index contributed by atoms with van der Waals surface area (Å²) in [6.07, 6.45) is 0.579. The van der Waals surface area contributed by atoms with Crippen molar-refractivity contribution in [3.63, 3.8) is 0 Å². The molecule has 0 atom stereocenters. The summed E-state index contributed by atoms with van der Waals surface area (Å²) in [7, 11) is -2.12. The van der Waals surface area contributed by atoms with Crippen molar-refractivity contribution in [2.24, 2.45) is 0 Å². The van der Waals surface area contributed by atoms with Crippen LogP contribution in [0.3, 0.4) is 0 Å². The van der Waals surface area contributed by atoms with Crippen molar-refractivity contribution in [2.75, 3.05) is 13.1 Å². The lowest BCUT2D eigenvalue weighted by Crippen LogP contribution is -2.68. The molecular formula is C5H7NO3S. The van der Waals surface area contributed by atoms with E-state index in [-0.39, 0.29) is 10.7 Å². The molecule has 2 heterocycles. The van der Waals surface area contributed by atoms with Gasteiger partial charge >= 0.3 is 0 Å². The van der Waals surface area contributed by atoms with Crippen molar-refractivity contribution in [1.29, 1.82) is 0 Å². The highest BCUT2D eigenvalue weighted by atomic mass is 32.2. The third-order valence-corrected chi connectivity index (χ3v) is 2.48. The zero-order valence-corrected chi connectivity index (χ0v) is 6.07. The molecule has 0 unspecified atom stereocenters. The van der Waals surface area contributed by atoms with Crippen LogP contribution in [0.15, 0.2) is 0 Å². The molecule has 4 nitrogen and oxygen atoms in total. The Morgan fingerprint density at radius 2 is 2.10 bits per heavy atom. The summed E-state index contributed by atoms with van der Waals surface area (Å²) < 4.78 is 25.5. The summed E-state index contributed by atoms with van der Waals surface area (Å²) in [6, 6.07) is 0. The molecule has 10 heavy (non-hydrogen) atoms. The molecule has 0 amide bonds. The molecule has 1 spiro atoms. The number of hydrogen-bond donors (Lipinski definition) is 1. The fourth-order valence-electron chi connectivity index (χ4n) is 1.19. The average molecular weight is 161 g/mol. The van der Waals surface area contributed by atoms with Gasteiger partial charge in [-0.2, -0.15) is 8.42 Å². The van der Waals surface area contributed by atoms with Crippen molar-refractivity contribution >= 4 is 15.3 Å². The van der Waals surface area contributed by atoms with Crippen LogP contribution in [-0.4, -0.2) is 32.2 Å². The first-order valence-corrected chi connectivity index (χ1v) is 4.14. The molecule has 2 fully saturated rings. The normalized spacial score (nSPS) is 27.4. The number of nitrogens with one attached hydrogen (secondary N) is 1. The summed E-state index contributed by atoms with van der Waals surface area (Å²) in [4.78, 5) is 0. The van der Waals surface area contributed by atoms with Crippen molar-refractivity contribution in [1.82, 2.24) is 5.32 Å². The van der Waals surface area contributed by atoms with E-state index in [9.17, 15) is 8.42 Å². The second kappa shape index (κ2) is 1.81. The maximum absolute atomic E-state index is 10.2. The van der Waals surface area contributed by atoms with Crippen LogP contribution in [0.1, 0.15) is 6.42 Å². The molecule has 0 aromatic heterocycles. The number of ether oxygens (including phenoxy) is 1. The molecule has 2 rings (SSSR count). The maximum Gasteiger partial charge on any atom is 0.240 e. The summed E-state index contributed by atoms with van der Waals surface area (Å²) in [5.74, 6) is 0. The predicted octanol–water partition coefficient (Wildman–Crippen LogP) is -1.24. The molecule has 1 N–H and O–H groups in total. The molecule has 5 heteroatoms. The first-order valence-electron chi connectivity index (χ1n) is 3.07. The van der Waals surface area contributed by atoms with E-state index in [1.165, 1.54) is 0 Å². The van der Waals surface area contributed by atoms with Crippen LogP contribution in [0.4, 0.5) is 0 Å². The van der Waals surface area contributed by atoms with Gasteiger partial charge < -0.3 is 10.1 Å². The minimum atomic E-state index is -2.12. The molecule has 0 bridgehead atoms. The lowest BCUT2D eigenvalue weighted by molar-refractivity contribution is -0.0430. The zero-order valence-electron chi connectivity index (χ0n) is 5.25. The lowest BCUT2D eigenvalue weighted by atomic mass is 9.89. The second-order valence-corrected chi connectivity index (χ2v) is 3.60. The number of rotatable bonds is 0. The van der Waals surface area contributed by atoms with Gasteiger partial charge in [0, 0.05) is 19.5 Å². The quantitative estimate of drug-likeness (QED) is 0.451. The third-order valence-electron chi connectivity index (χ3n) is 1.88. The molecule has 0 aliphatic carbocycles. The van der Waals surface area contributed by atoms with Crippen LogP contribution in [0.2, 0.25) is 0 Å². The van der Waals surface area contributed by atoms with E-state index in [0.29, 0.717) is 6.42 Å². The van der Waals surface area contributed by atoms with Gasteiger partial charge in [0.25, 0.3) is 0 Å². The fraction of sp³-hybridized carbons (Fsp3) is 0.800. The SMILES string of the molecule is O=S(=O)=C1CC2(CNC2)O1. The molecule has 56 valence electrons. The highest BCUT2D eigenvalue weighted by Crippen LogP contribution is 2.31. The van der Waals surface area contributed by atoms with Gasteiger partial charge in [0.2, 0.25) is 10.3 Å². The fourth-order valence-corrected chi connectivity index (χ4v) is 1.82. The monoisotopic (exact) mass is 161 g/mol. The Morgan fingerprint density at radius 1 is 1.50 bits per heavy atom. The summed E-state index contributed by atoms with van der Waals surface area (Å²) >= 11 is 0. The van der Waals surface area contributed by atoms with Crippen LogP contribution in [0.5, 0.6) is 0 Å². The maximum atomic E-state index is 10.2. The third kappa shape index (κ3) is 0.712. The molecule has 2 aliphatic heterocycles. The van der Waals surface area contributed by atoms with Crippen molar-refractivity contribution in [2.45, 2.75) is 12.0 Å². The van der Waals surface area contributed by atoms with Crippen LogP contribution in [0.25, 0.3) is 0 Å². The van der Waals surface area contributed by atoms with E-state index < -0.39 is 10.3 Å². The van der Waals surface area contributed by atoms with Gasteiger partial charge in [0.05, 0.1) is 0 Å². The standard InChI is InChI=1S/C5H7NO3S/c7-10(8)4-1-5(9-4)2-6-3-5/h6H,1-3H2. The first-order chi connectivity index (χ1) is 4.72. The Balaban J connectivity index is 2.13. The van der Waals surface area contributed by atoms with Crippen molar-refractivity contribution in [3.8, 4) is 0 Å². The topological polar surface area (TPSA) is 55.4 Å². The largest absolute Gasteiger partial charge is 0.325 e. The Bertz CT molecular complexity index is 270. The minimum Gasteiger partial charge on any atom is -0.325 e. The second-order valence-electron chi connectivity index (χ2n) is 2.67. The van der Waals surface area contributed by atoms with Crippen LogP contribution >= 0.6 is 0 Å². The van der Waals surface area contributed by atoms with Gasteiger partial charge in [-0.15, -0.1) is 0 Å². The van der Waals surface area contributed by atoms with Gasteiger partial charge in [0.15, 0.2) is 5.05 Å². The van der Waals surface area contributed by atoms with Crippen molar-refractivity contribution in [3.05, 3.63) is 0 Å². The van der Waals surface area contributed by atoms with Gasteiger partial charge in [-0.25, -0.2) is 0 Å². The zero-order chi connectivity index (χ0) is 7.19. The van der Waals surface area contributed by atoms with Crippen molar-refractivity contribution < 1.29 is 13.2 Å². The van der Waals surface area contributed by atoms with Crippen LogP contribution in [-0.2, 0) is 15.0 Å². The molecule has 2 saturated heterocycles. The average Bonchev–Trinajstić information content (AvgIpc) is 1.54. The van der Waals surface area contributed by atoms with E-state index in [1.807, 2.05) is 0 Å². The van der Waals surface area contributed by atoms with Gasteiger partial charge in [-0.1, -0.05) is 0 Å². The Hall–Kier alpha value is -0.390. The smallest absolute Gasteiger partial charge is 0.240 e. The Kier molecular flexibility index (Phi) is 1.14. The molecule has 0 radical (unpaired) electrons. The highest BCUT2D eigenvalue weighted by Gasteiger charge is 2.49. The van der Waals surface area contributed by atoms with Gasteiger partial charge in [-0.05, 0) is 0 Å². The predicted molar refractivity (Wildman–Crippen MR) is 35.2 cm³/mol. The van der Waals surface area contributed by atoms with E-state index in [2.05, 4.69) is 5.32 Å². The number of hydrogen-bond acceptors (Lipinski definition) is 4. The van der Waals surface area contributed by atoms with Crippen LogP contribution in [0, 0.1) is 0 Å². The minimum absolute atomic E-state index is 0.143. The van der Waals surface area contributed by atoms with E-state index in [1.54, 1.807) is 0 Å². The highest BCUT2D eigenvalue weighted by molar-refractivity contribution is 7.72. The Labute approximate surface area is 59.7 Å². The van der Waals surface area contributed by atoms with Crippen LogP contribution < -0.4 is 5.32 Å². The lowest BCUT2D eigenvalue weighted by Gasteiger charge is -2.48. The summed E-state index contributed by atoms with van der Waals surface area (Å²) in [5, 5.41) is 3.23. The molecule has 0 saturated carbocycles. The Morgan fingerprint density at radius 3 is 2.40 bits per heavy atom. The molecule has 0 aromatic carbocycles. The van der Waals surface area contributed by atoms with Gasteiger partial charge in [0.1, 0.15) is 5.60 Å². The molecular weight excluding hydrogens is 154 g/mol. The summed E-state index contributed by atoms with van der Waals surface area (Å²) in [5.41, 5.74) is -0.143. The summed E-state index contributed by atoms with van der Waals surface area (Å²) in [6.45, 7) is 1.57. The van der Waals surface area contributed by atoms with E-state index in [4.69, 9.17) is 4.74 Å². The van der Waals surface area contributed by atoms with E-state index in [0.717, 1.165) is 13.1 Å². The first kappa shape index (κ1) is 6.33. The molecule has 2 aliphatic rings. The van der Waals surface area contributed by atoms with E-state index >= 15 is 0 Å². The molecule has 0 aromatic rings.